The fourth-order valence-corrected chi connectivity index (χ4v) is 2.43. The Morgan fingerprint density at radius 3 is 2.95 bits per heavy atom. The van der Waals surface area contributed by atoms with E-state index in [0.29, 0.717) is 18.1 Å². The molecular weight excluding hydrogens is 252 g/mol. The van der Waals surface area contributed by atoms with Crippen molar-refractivity contribution in [3.05, 3.63) is 41.1 Å². The highest BCUT2D eigenvalue weighted by Gasteiger charge is 2.15. The van der Waals surface area contributed by atoms with E-state index in [9.17, 15) is 0 Å². The number of rotatable bonds is 2. The van der Waals surface area contributed by atoms with Gasteiger partial charge in [-0.1, -0.05) is 12.1 Å². The molecule has 20 heavy (non-hydrogen) atoms. The fourth-order valence-electron chi connectivity index (χ4n) is 2.43. The van der Waals surface area contributed by atoms with Gasteiger partial charge in [-0.3, -0.25) is 9.25 Å². The summed E-state index contributed by atoms with van der Waals surface area (Å²) >= 11 is 0. The maximum absolute atomic E-state index is 8.95. The average Bonchev–Trinajstić information content (AvgIpc) is 2.89. The first kappa shape index (κ1) is 12.2. The standard InChI is InChI=1S/C14H14N6/c1-9-12-13(19(2)18-9)20(14(16)17-12)8-11-5-3-4-10(6-11)7-15/h3-6H,8H2,1-2H3,(H2,16,17). The van der Waals surface area contributed by atoms with Gasteiger partial charge < -0.3 is 5.73 Å². The van der Waals surface area contributed by atoms with E-state index in [1.165, 1.54) is 0 Å². The Balaban J connectivity index is 2.10. The first-order valence-electron chi connectivity index (χ1n) is 6.24. The Hall–Kier alpha value is -2.81. The summed E-state index contributed by atoms with van der Waals surface area (Å²) in [5.74, 6) is 0.457. The highest BCUT2D eigenvalue weighted by atomic mass is 15.3. The summed E-state index contributed by atoms with van der Waals surface area (Å²) in [6.45, 7) is 2.48. The Morgan fingerprint density at radius 2 is 2.20 bits per heavy atom. The van der Waals surface area contributed by atoms with E-state index in [0.717, 1.165) is 22.4 Å². The number of nitrogens with two attached hydrogens (primary N) is 1. The Bertz CT molecular complexity index is 833. The molecule has 0 amide bonds. The van der Waals surface area contributed by atoms with Crippen LogP contribution in [-0.2, 0) is 13.6 Å². The van der Waals surface area contributed by atoms with Crippen molar-refractivity contribution in [2.24, 2.45) is 7.05 Å². The van der Waals surface area contributed by atoms with Crippen LogP contribution in [0, 0.1) is 18.3 Å². The van der Waals surface area contributed by atoms with Crippen molar-refractivity contribution in [2.75, 3.05) is 5.73 Å². The molecule has 0 spiro atoms. The lowest BCUT2D eigenvalue weighted by Crippen LogP contribution is -2.08. The van der Waals surface area contributed by atoms with Gasteiger partial charge in [0.05, 0.1) is 23.9 Å². The Kier molecular flexibility index (Phi) is 2.68. The molecule has 1 aromatic carbocycles. The number of hydrogen-bond acceptors (Lipinski definition) is 4. The number of nitriles is 1. The molecule has 2 heterocycles. The van der Waals surface area contributed by atoms with Crippen LogP contribution in [0.15, 0.2) is 24.3 Å². The van der Waals surface area contributed by atoms with Crippen LogP contribution in [0.5, 0.6) is 0 Å². The van der Waals surface area contributed by atoms with Crippen LogP contribution >= 0.6 is 0 Å². The molecule has 0 saturated carbocycles. The van der Waals surface area contributed by atoms with Gasteiger partial charge in [0.2, 0.25) is 5.95 Å². The number of anilines is 1. The number of aryl methyl sites for hydroxylation is 2. The van der Waals surface area contributed by atoms with E-state index in [-0.39, 0.29) is 0 Å². The molecule has 6 heteroatoms. The summed E-state index contributed by atoms with van der Waals surface area (Å²) in [5.41, 5.74) is 10.2. The molecule has 100 valence electrons. The monoisotopic (exact) mass is 266 g/mol. The molecule has 0 saturated heterocycles. The summed E-state index contributed by atoms with van der Waals surface area (Å²) in [5, 5.41) is 13.3. The van der Waals surface area contributed by atoms with E-state index in [1.807, 2.05) is 36.7 Å². The molecule has 3 aromatic rings. The third-order valence-electron chi connectivity index (χ3n) is 3.32. The van der Waals surface area contributed by atoms with Gasteiger partial charge in [0, 0.05) is 7.05 Å². The summed E-state index contributed by atoms with van der Waals surface area (Å²) in [6, 6.07) is 9.61. The van der Waals surface area contributed by atoms with Crippen LogP contribution in [0.2, 0.25) is 0 Å². The third-order valence-corrected chi connectivity index (χ3v) is 3.32. The molecule has 6 nitrogen and oxygen atoms in total. The minimum absolute atomic E-state index is 0.457. The number of hydrogen-bond donors (Lipinski definition) is 1. The highest BCUT2D eigenvalue weighted by Crippen LogP contribution is 2.21. The molecule has 0 atom stereocenters. The van der Waals surface area contributed by atoms with Gasteiger partial charge in [0.1, 0.15) is 5.52 Å². The van der Waals surface area contributed by atoms with E-state index in [2.05, 4.69) is 16.2 Å². The van der Waals surface area contributed by atoms with Crippen LogP contribution in [0.25, 0.3) is 11.2 Å². The van der Waals surface area contributed by atoms with Crippen LogP contribution in [0.4, 0.5) is 5.95 Å². The van der Waals surface area contributed by atoms with Crippen LogP contribution in [0.1, 0.15) is 16.8 Å². The summed E-state index contributed by atoms with van der Waals surface area (Å²) in [7, 11) is 1.87. The quantitative estimate of drug-likeness (QED) is 0.763. The van der Waals surface area contributed by atoms with Gasteiger partial charge in [0.25, 0.3) is 0 Å². The lowest BCUT2D eigenvalue weighted by molar-refractivity contribution is 0.726. The molecule has 0 aliphatic heterocycles. The van der Waals surface area contributed by atoms with Crippen LogP contribution in [0.3, 0.4) is 0 Å². The minimum atomic E-state index is 0.457. The van der Waals surface area contributed by atoms with Gasteiger partial charge in [-0.15, -0.1) is 0 Å². The Labute approximate surface area is 116 Å². The number of fused-ring (bicyclic) bond motifs is 1. The van der Waals surface area contributed by atoms with Crippen LogP contribution in [-0.4, -0.2) is 19.3 Å². The smallest absolute Gasteiger partial charge is 0.202 e. The molecule has 0 aliphatic carbocycles. The Morgan fingerprint density at radius 1 is 1.40 bits per heavy atom. The van der Waals surface area contributed by atoms with Gasteiger partial charge in [-0.05, 0) is 24.6 Å². The van der Waals surface area contributed by atoms with E-state index < -0.39 is 0 Å². The minimum Gasteiger partial charge on any atom is -0.369 e. The second-order valence-electron chi connectivity index (χ2n) is 4.75. The van der Waals surface area contributed by atoms with Crippen molar-refractivity contribution in [3.63, 3.8) is 0 Å². The number of imidazole rings is 1. The third kappa shape index (κ3) is 1.80. The lowest BCUT2D eigenvalue weighted by atomic mass is 10.1. The molecule has 2 aromatic heterocycles. The largest absolute Gasteiger partial charge is 0.369 e. The van der Waals surface area contributed by atoms with Crippen molar-refractivity contribution in [1.82, 2.24) is 19.3 Å². The zero-order valence-electron chi connectivity index (χ0n) is 11.3. The van der Waals surface area contributed by atoms with E-state index >= 15 is 0 Å². The number of benzene rings is 1. The second-order valence-corrected chi connectivity index (χ2v) is 4.75. The SMILES string of the molecule is Cc1nn(C)c2c1nc(N)n2Cc1cccc(C#N)c1. The maximum atomic E-state index is 8.95. The fraction of sp³-hybridized carbons (Fsp3) is 0.214. The molecular formula is C14H14N6. The average molecular weight is 266 g/mol. The van der Waals surface area contributed by atoms with Crippen LogP contribution < -0.4 is 5.73 Å². The van der Waals surface area contributed by atoms with Gasteiger partial charge in [-0.25, -0.2) is 4.98 Å². The number of nitrogen functional groups attached to an aromatic ring is 1. The van der Waals surface area contributed by atoms with E-state index in [4.69, 9.17) is 11.0 Å². The normalized spacial score (nSPS) is 10.8. The molecule has 0 radical (unpaired) electrons. The topological polar surface area (TPSA) is 85.5 Å². The molecule has 0 fully saturated rings. The lowest BCUT2D eigenvalue weighted by Gasteiger charge is -2.07. The molecule has 0 unspecified atom stereocenters. The van der Waals surface area contributed by atoms with Crippen molar-refractivity contribution in [3.8, 4) is 6.07 Å². The van der Waals surface area contributed by atoms with Gasteiger partial charge in [0.15, 0.2) is 5.65 Å². The molecule has 0 aliphatic rings. The first-order valence-corrected chi connectivity index (χ1v) is 6.24. The predicted octanol–water partition coefficient (Wildman–Crippen LogP) is 1.58. The predicted molar refractivity (Wildman–Crippen MR) is 75.9 cm³/mol. The molecule has 2 N–H and O–H groups in total. The number of aromatic nitrogens is 4. The zero-order valence-corrected chi connectivity index (χ0v) is 11.3. The van der Waals surface area contributed by atoms with Gasteiger partial charge in [-0.2, -0.15) is 10.4 Å². The first-order chi connectivity index (χ1) is 9.60. The summed E-state index contributed by atoms with van der Waals surface area (Å²) in [6.07, 6.45) is 0. The van der Waals surface area contributed by atoms with Crippen molar-refractivity contribution >= 4 is 17.1 Å². The maximum Gasteiger partial charge on any atom is 0.202 e. The summed E-state index contributed by atoms with van der Waals surface area (Å²) < 4.78 is 3.69. The number of nitrogens with zero attached hydrogens (tertiary/aromatic N) is 5. The molecule has 3 rings (SSSR count). The van der Waals surface area contributed by atoms with Crippen molar-refractivity contribution < 1.29 is 0 Å². The van der Waals surface area contributed by atoms with Crippen molar-refractivity contribution in [1.29, 1.82) is 5.26 Å². The zero-order chi connectivity index (χ0) is 14.3. The summed E-state index contributed by atoms with van der Waals surface area (Å²) in [4.78, 5) is 4.36. The van der Waals surface area contributed by atoms with E-state index in [1.54, 1.807) is 10.7 Å². The van der Waals surface area contributed by atoms with Gasteiger partial charge >= 0.3 is 0 Å². The van der Waals surface area contributed by atoms with Crippen molar-refractivity contribution in [2.45, 2.75) is 13.5 Å². The highest BCUT2D eigenvalue weighted by molar-refractivity contribution is 5.77. The molecule has 0 bridgehead atoms. The second kappa shape index (κ2) is 4.38.